The Hall–Kier alpha value is -2.40. The molecule has 5 nitrogen and oxygen atoms in total. The number of rotatable bonds is 5. The molecule has 2 aromatic rings. The van der Waals surface area contributed by atoms with Gasteiger partial charge in [0.1, 0.15) is 5.75 Å². The molecule has 1 atom stereocenters. The molecule has 2 heterocycles. The molecule has 1 aromatic carbocycles. The van der Waals surface area contributed by atoms with E-state index in [1.807, 2.05) is 60.3 Å². The number of carbonyl (C=O) groups excluding carboxylic acids is 1. The largest absolute Gasteiger partial charge is 0.496 e. The van der Waals surface area contributed by atoms with Crippen LogP contribution in [0.4, 0.5) is 0 Å². The molecule has 5 heteroatoms. The number of methoxy groups -OCH3 is 1. The first-order valence-electron chi connectivity index (χ1n) is 9.11. The van der Waals surface area contributed by atoms with Gasteiger partial charge in [0.05, 0.1) is 19.3 Å². The summed E-state index contributed by atoms with van der Waals surface area (Å²) in [6.07, 6.45) is 2.08. The van der Waals surface area contributed by atoms with Crippen molar-refractivity contribution in [3.63, 3.8) is 0 Å². The number of carbonyl (C=O) groups is 1. The lowest BCUT2D eigenvalue weighted by atomic mass is 9.93. The van der Waals surface area contributed by atoms with Crippen molar-refractivity contribution in [3.8, 4) is 17.0 Å². The van der Waals surface area contributed by atoms with Crippen molar-refractivity contribution in [3.05, 3.63) is 48.2 Å². The molecule has 3 rings (SSSR count). The SMILES string of the molecule is COc1ccccc1-c1cccc([C@@H]2CCCN(C(=O)CN(C)C)C2)n1. The van der Waals surface area contributed by atoms with Gasteiger partial charge in [-0.1, -0.05) is 18.2 Å². The number of hydrogen-bond donors (Lipinski definition) is 0. The highest BCUT2D eigenvalue weighted by Crippen LogP contribution is 2.31. The van der Waals surface area contributed by atoms with Crippen LogP contribution in [-0.2, 0) is 4.79 Å². The Kier molecular flexibility index (Phi) is 5.89. The number of nitrogens with zero attached hydrogens (tertiary/aromatic N) is 3. The van der Waals surface area contributed by atoms with Crippen LogP contribution in [0, 0.1) is 0 Å². The van der Waals surface area contributed by atoms with E-state index in [1.165, 1.54) is 0 Å². The summed E-state index contributed by atoms with van der Waals surface area (Å²) in [7, 11) is 5.53. The number of aromatic nitrogens is 1. The monoisotopic (exact) mass is 353 g/mol. The average Bonchev–Trinajstić information content (AvgIpc) is 2.67. The minimum Gasteiger partial charge on any atom is -0.496 e. The van der Waals surface area contributed by atoms with Crippen molar-refractivity contribution in [2.24, 2.45) is 0 Å². The van der Waals surface area contributed by atoms with Crippen molar-refractivity contribution in [1.29, 1.82) is 0 Å². The standard InChI is InChI=1S/C21H27N3O2/c1-23(2)15-21(25)24-13-7-8-16(14-24)18-10-6-11-19(22-18)17-9-4-5-12-20(17)26-3/h4-6,9-12,16H,7-8,13-15H2,1-3H3/t16-/m1/s1. The number of ether oxygens (including phenoxy) is 1. The van der Waals surface area contributed by atoms with Gasteiger partial charge in [0.25, 0.3) is 0 Å². The van der Waals surface area contributed by atoms with Gasteiger partial charge in [-0.05, 0) is 51.2 Å². The van der Waals surface area contributed by atoms with Crippen LogP contribution in [0.25, 0.3) is 11.3 Å². The van der Waals surface area contributed by atoms with Crippen molar-refractivity contribution < 1.29 is 9.53 Å². The summed E-state index contributed by atoms with van der Waals surface area (Å²) in [5, 5.41) is 0. The fourth-order valence-corrected chi connectivity index (χ4v) is 3.50. The lowest BCUT2D eigenvalue weighted by Crippen LogP contribution is -2.43. The molecule has 138 valence electrons. The molecule has 0 aliphatic carbocycles. The van der Waals surface area contributed by atoms with Crippen LogP contribution in [-0.4, -0.2) is 61.5 Å². The molecule has 0 radical (unpaired) electrons. The van der Waals surface area contributed by atoms with Gasteiger partial charge in [-0.3, -0.25) is 9.78 Å². The third-order valence-corrected chi connectivity index (χ3v) is 4.80. The predicted octanol–water partition coefficient (Wildman–Crippen LogP) is 3.02. The van der Waals surface area contributed by atoms with E-state index in [4.69, 9.17) is 9.72 Å². The average molecular weight is 353 g/mol. The summed E-state index contributed by atoms with van der Waals surface area (Å²) in [5.41, 5.74) is 2.96. The van der Waals surface area contributed by atoms with Crippen molar-refractivity contribution in [1.82, 2.24) is 14.8 Å². The first-order valence-corrected chi connectivity index (χ1v) is 9.11. The number of hydrogen-bond acceptors (Lipinski definition) is 4. The highest BCUT2D eigenvalue weighted by atomic mass is 16.5. The normalized spacial score (nSPS) is 17.4. The van der Waals surface area contributed by atoms with E-state index in [0.29, 0.717) is 6.54 Å². The van der Waals surface area contributed by atoms with Crippen LogP contribution >= 0.6 is 0 Å². The zero-order chi connectivity index (χ0) is 18.5. The predicted molar refractivity (Wildman–Crippen MR) is 103 cm³/mol. The van der Waals surface area contributed by atoms with Gasteiger partial charge < -0.3 is 14.5 Å². The Labute approximate surface area is 155 Å². The topological polar surface area (TPSA) is 45.7 Å². The highest BCUT2D eigenvalue weighted by molar-refractivity contribution is 5.78. The molecule has 26 heavy (non-hydrogen) atoms. The van der Waals surface area contributed by atoms with Gasteiger partial charge in [-0.2, -0.15) is 0 Å². The fraction of sp³-hybridized carbons (Fsp3) is 0.429. The molecule has 1 amide bonds. The summed E-state index contributed by atoms with van der Waals surface area (Å²) < 4.78 is 5.47. The first kappa shape index (κ1) is 18.4. The van der Waals surface area contributed by atoms with E-state index in [1.54, 1.807) is 7.11 Å². The fourth-order valence-electron chi connectivity index (χ4n) is 3.50. The minimum absolute atomic E-state index is 0.195. The Morgan fingerprint density at radius 3 is 2.81 bits per heavy atom. The van der Waals surface area contributed by atoms with Gasteiger partial charge in [0.15, 0.2) is 0 Å². The quantitative estimate of drug-likeness (QED) is 0.829. The Balaban J connectivity index is 1.80. The first-order chi connectivity index (χ1) is 12.6. The molecule has 1 aliphatic heterocycles. The molecule has 1 aromatic heterocycles. The third kappa shape index (κ3) is 4.22. The van der Waals surface area contributed by atoms with Crippen LogP contribution in [0.5, 0.6) is 5.75 Å². The zero-order valence-corrected chi connectivity index (χ0v) is 15.8. The van der Waals surface area contributed by atoms with E-state index >= 15 is 0 Å². The maximum Gasteiger partial charge on any atom is 0.236 e. The van der Waals surface area contributed by atoms with Crippen molar-refractivity contribution in [2.45, 2.75) is 18.8 Å². The second-order valence-corrected chi connectivity index (χ2v) is 7.06. The molecule has 0 unspecified atom stereocenters. The summed E-state index contributed by atoms with van der Waals surface area (Å²) in [6.45, 7) is 2.05. The van der Waals surface area contributed by atoms with Gasteiger partial charge in [-0.25, -0.2) is 0 Å². The number of likely N-dealkylation sites (tertiary alicyclic amines) is 1. The summed E-state index contributed by atoms with van der Waals surface area (Å²) in [4.78, 5) is 21.2. The Bertz CT molecular complexity index is 760. The molecule has 0 saturated carbocycles. The molecule has 1 aliphatic rings. The Morgan fingerprint density at radius 2 is 2.04 bits per heavy atom. The molecular formula is C21H27N3O2. The van der Waals surface area contributed by atoms with Crippen molar-refractivity contribution >= 4 is 5.91 Å². The molecule has 0 bridgehead atoms. The molecule has 0 spiro atoms. The van der Waals surface area contributed by atoms with Crippen LogP contribution in [0.1, 0.15) is 24.5 Å². The van der Waals surface area contributed by atoms with Gasteiger partial charge in [0, 0.05) is 30.3 Å². The van der Waals surface area contributed by atoms with Crippen LogP contribution < -0.4 is 4.74 Å². The smallest absolute Gasteiger partial charge is 0.236 e. The molecule has 1 fully saturated rings. The maximum absolute atomic E-state index is 12.4. The van der Waals surface area contributed by atoms with E-state index in [-0.39, 0.29) is 11.8 Å². The van der Waals surface area contributed by atoms with Crippen LogP contribution in [0.2, 0.25) is 0 Å². The highest BCUT2D eigenvalue weighted by Gasteiger charge is 2.26. The lowest BCUT2D eigenvalue weighted by Gasteiger charge is -2.33. The summed E-state index contributed by atoms with van der Waals surface area (Å²) >= 11 is 0. The van der Waals surface area contributed by atoms with Gasteiger partial charge in [-0.15, -0.1) is 0 Å². The van der Waals surface area contributed by atoms with E-state index in [2.05, 4.69) is 6.07 Å². The van der Waals surface area contributed by atoms with Gasteiger partial charge in [0.2, 0.25) is 5.91 Å². The van der Waals surface area contributed by atoms with Gasteiger partial charge >= 0.3 is 0 Å². The molecule has 1 saturated heterocycles. The number of likely N-dealkylation sites (N-methyl/N-ethyl adjacent to an activating group) is 1. The van der Waals surface area contributed by atoms with E-state index < -0.39 is 0 Å². The molecule has 0 N–H and O–H groups in total. The van der Waals surface area contributed by atoms with Crippen molar-refractivity contribution in [2.75, 3.05) is 40.8 Å². The second-order valence-electron chi connectivity index (χ2n) is 7.06. The minimum atomic E-state index is 0.195. The Morgan fingerprint density at radius 1 is 1.23 bits per heavy atom. The number of pyridine rings is 1. The van der Waals surface area contributed by atoms with E-state index in [0.717, 1.165) is 48.6 Å². The number of benzene rings is 1. The number of amides is 1. The zero-order valence-electron chi connectivity index (χ0n) is 15.8. The van der Waals surface area contributed by atoms with Crippen LogP contribution in [0.15, 0.2) is 42.5 Å². The van der Waals surface area contributed by atoms with Crippen LogP contribution in [0.3, 0.4) is 0 Å². The summed E-state index contributed by atoms with van der Waals surface area (Å²) in [5.74, 6) is 1.30. The lowest BCUT2D eigenvalue weighted by molar-refractivity contribution is -0.133. The maximum atomic E-state index is 12.4. The molecular weight excluding hydrogens is 326 g/mol. The third-order valence-electron chi connectivity index (χ3n) is 4.80. The van der Waals surface area contributed by atoms with E-state index in [9.17, 15) is 4.79 Å². The number of para-hydroxylation sites is 1. The summed E-state index contributed by atoms with van der Waals surface area (Å²) in [6, 6.07) is 14.1. The second kappa shape index (κ2) is 8.32. The number of piperidine rings is 1.